The summed E-state index contributed by atoms with van der Waals surface area (Å²) in [6, 6.07) is 15.8. The molecular weight excluding hydrogens is 400 g/mol. The third-order valence-electron chi connectivity index (χ3n) is 5.94. The van der Waals surface area contributed by atoms with Gasteiger partial charge >= 0.3 is 0 Å². The number of anilines is 1. The van der Waals surface area contributed by atoms with Gasteiger partial charge in [-0.25, -0.2) is 9.97 Å². The number of rotatable bonds is 5. The van der Waals surface area contributed by atoms with Gasteiger partial charge in [0, 0.05) is 24.8 Å². The summed E-state index contributed by atoms with van der Waals surface area (Å²) in [5.41, 5.74) is 12.1. The van der Waals surface area contributed by atoms with Crippen molar-refractivity contribution in [3.05, 3.63) is 82.7 Å². The van der Waals surface area contributed by atoms with Crippen LogP contribution in [-0.4, -0.2) is 26.8 Å². The van der Waals surface area contributed by atoms with Crippen LogP contribution in [-0.2, 0) is 19.5 Å². The molecule has 32 heavy (non-hydrogen) atoms. The first-order chi connectivity index (χ1) is 15.6. The summed E-state index contributed by atoms with van der Waals surface area (Å²) in [5, 5.41) is 7.02. The number of aryl methyl sites for hydroxylation is 2. The number of nitrogens with zero attached hydrogens (tertiary/aromatic N) is 3. The highest BCUT2D eigenvalue weighted by atomic mass is 16.1. The minimum atomic E-state index is -0.446. The molecule has 0 spiro atoms. The van der Waals surface area contributed by atoms with Gasteiger partial charge in [-0.15, -0.1) is 0 Å². The molecule has 0 saturated carbocycles. The Balaban J connectivity index is 1.63. The maximum absolute atomic E-state index is 11.9. The van der Waals surface area contributed by atoms with Gasteiger partial charge in [0.2, 0.25) is 0 Å². The van der Waals surface area contributed by atoms with Crippen LogP contribution in [0.1, 0.15) is 39.2 Å². The molecule has 1 aliphatic heterocycles. The molecule has 162 valence electrons. The van der Waals surface area contributed by atoms with Crippen molar-refractivity contribution in [2.24, 2.45) is 5.73 Å². The smallest absolute Gasteiger partial charge is 0.250 e. The van der Waals surface area contributed by atoms with Gasteiger partial charge in [-0.1, -0.05) is 30.3 Å². The molecule has 0 aliphatic carbocycles. The molecule has 5 rings (SSSR count). The fraction of sp³-hybridized carbons (Fsp3) is 0.240. The highest BCUT2D eigenvalue weighted by Gasteiger charge is 2.21. The second-order valence-electron chi connectivity index (χ2n) is 8.16. The van der Waals surface area contributed by atoms with Gasteiger partial charge in [-0.05, 0) is 55.6 Å². The fourth-order valence-corrected chi connectivity index (χ4v) is 4.37. The van der Waals surface area contributed by atoms with Gasteiger partial charge in [0.25, 0.3) is 5.91 Å². The topological polar surface area (TPSA) is 97.3 Å². The molecule has 1 aliphatic rings. The minimum Gasteiger partial charge on any atom is -0.366 e. The zero-order valence-corrected chi connectivity index (χ0v) is 18.1. The molecule has 1 amide bonds. The van der Waals surface area contributed by atoms with Crippen LogP contribution in [0.25, 0.3) is 17.0 Å². The Labute approximate surface area is 186 Å². The Hall–Kier alpha value is -3.71. The Bertz CT molecular complexity index is 1300. The molecule has 0 saturated heterocycles. The normalized spacial score (nSPS) is 13.5. The van der Waals surface area contributed by atoms with Crippen LogP contribution in [0.2, 0.25) is 0 Å². The molecule has 4 heterocycles. The first-order valence-electron chi connectivity index (χ1n) is 10.9. The number of fused-ring (bicyclic) bond motifs is 2. The number of nitrogens with two attached hydrogens (primary N) is 1. The van der Waals surface area contributed by atoms with Gasteiger partial charge in [0.05, 0.1) is 22.5 Å². The van der Waals surface area contributed by atoms with E-state index in [1.54, 1.807) is 6.07 Å². The average molecular weight is 427 g/mol. The van der Waals surface area contributed by atoms with Gasteiger partial charge < -0.3 is 20.8 Å². The molecule has 0 bridgehead atoms. The number of aromatic nitrogens is 3. The maximum atomic E-state index is 11.9. The van der Waals surface area contributed by atoms with Gasteiger partial charge in [-0.3, -0.25) is 4.79 Å². The quantitative estimate of drug-likeness (QED) is 0.454. The van der Waals surface area contributed by atoms with Crippen molar-refractivity contribution in [3.8, 4) is 11.5 Å². The van der Waals surface area contributed by atoms with Gasteiger partial charge in [0.1, 0.15) is 5.82 Å². The number of hydrogen-bond donors (Lipinski definition) is 3. The number of benzene rings is 1. The van der Waals surface area contributed by atoms with E-state index in [1.165, 1.54) is 5.56 Å². The lowest BCUT2D eigenvalue weighted by Gasteiger charge is -2.16. The first-order valence-corrected chi connectivity index (χ1v) is 10.9. The number of pyridine rings is 1. The third-order valence-corrected chi connectivity index (χ3v) is 5.94. The summed E-state index contributed by atoms with van der Waals surface area (Å²) in [4.78, 5) is 21.9. The van der Waals surface area contributed by atoms with E-state index in [-0.39, 0.29) is 0 Å². The van der Waals surface area contributed by atoms with Crippen molar-refractivity contribution in [3.63, 3.8) is 0 Å². The van der Waals surface area contributed by atoms with Gasteiger partial charge in [0.15, 0.2) is 5.82 Å². The van der Waals surface area contributed by atoms with E-state index >= 15 is 0 Å². The van der Waals surface area contributed by atoms with E-state index in [4.69, 9.17) is 15.7 Å². The minimum absolute atomic E-state index is 0.446. The van der Waals surface area contributed by atoms with Crippen LogP contribution in [0.4, 0.5) is 5.82 Å². The molecular formula is C25H26N6O. The zero-order chi connectivity index (χ0) is 22.1. The largest absolute Gasteiger partial charge is 0.366 e. The number of carbonyl (C=O) groups is 1. The molecule has 0 atom stereocenters. The number of hydrogen-bond acceptors (Lipinski definition) is 5. The highest BCUT2D eigenvalue weighted by Crippen LogP contribution is 2.30. The Morgan fingerprint density at radius 1 is 1.19 bits per heavy atom. The highest BCUT2D eigenvalue weighted by molar-refractivity contribution is 6.00. The lowest BCUT2D eigenvalue weighted by Crippen LogP contribution is -2.16. The van der Waals surface area contributed by atoms with Crippen molar-refractivity contribution < 1.29 is 4.79 Å². The molecule has 0 radical (unpaired) electrons. The number of nitrogens with one attached hydrogen (secondary N) is 2. The summed E-state index contributed by atoms with van der Waals surface area (Å²) in [6.45, 7) is 4.40. The maximum Gasteiger partial charge on any atom is 0.250 e. The van der Waals surface area contributed by atoms with E-state index < -0.39 is 5.91 Å². The summed E-state index contributed by atoms with van der Waals surface area (Å²) >= 11 is 0. The lowest BCUT2D eigenvalue weighted by atomic mass is 10.1. The molecule has 0 unspecified atom stereocenters. The van der Waals surface area contributed by atoms with E-state index in [0.717, 1.165) is 59.8 Å². The van der Waals surface area contributed by atoms with Crippen molar-refractivity contribution in [2.45, 2.75) is 32.9 Å². The van der Waals surface area contributed by atoms with Crippen molar-refractivity contribution in [2.75, 3.05) is 11.9 Å². The average Bonchev–Trinajstić information content (AvgIpc) is 2.96. The molecule has 0 fully saturated rings. The second-order valence-corrected chi connectivity index (χ2v) is 8.16. The SMILES string of the molecule is Cc1cc2c(C(N)=O)cccn2c1-c1nc2c(c(NCc3ccccc3)n1)CNCCC2. The van der Waals surface area contributed by atoms with Crippen molar-refractivity contribution in [1.29, 1.82) is 0 Å². The Kier molecular flexibility index (Phi) is 5.33. The Morgan fingerprint density at radius 2 is 2.03 bits per heavy atom. The second kappa shape index (κ2) is 8.43. The summed E-state index contributed by atoms with van der Waals surface area (Å²) < 4.78 is 1.97. The Morgan fingerprint density at radius 3 is 2.84 bits per heavy atom. The molecule has 4 N–H and O–H groups in total. The number of carbonyl (C=O) groups excluding carboxylic acids is 1. The molecule has 3 aromatic heterocycles. The van der Waals surface area contributed by atoms with Gasteiger partial charge in [-0.2, -0.15) is 0 Å². The van der Waals surface area contributed by atoms with Crippen LogP contribution < -0.4 is 16.4 Å². The summed E-state index contributed by atoms with van der Waals surface area (Å²) in [6.07, 6.45) is 3.85. The van der Waals surface area contributed by atoms with Crippen LogP contribution >= 0.6 is 0 Å². The standard InChI is InChI=1S/C25H26N6O/c1-16-13-21-18(23(26)32)9-6-12-31(21)22(16)25-29-20-10-5-11-27-15-19(20)24(30-25)28-14-17-7-3-2-4-8-17/h2-4,6-9,12-13,27H,5,10-11,14-15H2,1H3,(H2,26,32)(H,28,29,30). The molecule has 7 heteroatoms. The monoisotopic (exact) mass is 426 g/mol. The van der Waals surface area contributed by atoms with E-state index in [1.807, 2.05) is 47.9 Å². The predicted octanol–water partition coefficient (Wildman–Crippen LogP) is 3.45. The summed E-state index contributed by atoms with van der Waals surface area (Å²) in [7, 11) is 0. The van der Waals surface area contributed by atoms with E-state index in [2.05, 4.69) is 22.8 Å². The van der Waals surface area contributed by atoms with Crippen LogP contribution in [0, 0.1) is 6.92 Å². The number of amides is 1. The van der Waals surface area contributed by atoms with Crippen LogP contribution in [0.5, 0.6) is 0 Å². The zero-order valence-electron chi connectivity index (χ0n) is 18.1. The summed E-state index contributed by atoms with van der Waals surface area (Å²) in [5.74, 6) is 1.06. The molecule has 4 aromatic rings. The third kappa shape index (κ3) is 3.71. The number of primary amides is 1. The fourth-order valence-electron chi connectivity index (χ4n) is 4.37. The van der Waals surface area contributed by atoms with Crippen LogP contribution in [0.15, 0.2) is 54.7 Å². The van der Waals surface area contributed by atoms with Crippen molar-refractivity contribution in [1.82, 2.24) is 19.7 Å². The molecule has 7 nitrogen and oxygen atoms in total. The van der Waals surface area contributed by atoms with Crippen molar-refractivity contribution >= 4 is 17.2 Å². The first kappa shape index (κ1) is 20.2. The molecule has 1 aromatic carbocycles. The lowest BCUT2D eigenvalue weighted by molar-refractivity contribution is 0.100. The van der Waals surface area contributed by atoms with E-state index in [0.29, 0.717) is 17.9 Å². The van der Waals surface area contributed by atoms with E-state index in [9.17, 15) is 4.79 Å². The predicted molar refractivity (Wildman–Crippen MR) is 125 cm³/mol. The van der Waals surface area contributed by atoms with Crippen LogP contribution in [0.3, 0.4) is 0 Å².